The van der Waals surface area contributed by atoms with Crippen molar-refractivity contribution in [2.45, 2.75) is 27.3 Å². The molecule has 2 aromatic heterocycles. The lowest BCUT2D eigenvalue weighted by atomic mass is 10.1. The first-order valence-corrected chi connectivity index (χ1v) is 7.07. The summed E-state index contributed by atoms with van der Waals surface area (Å²) in [6.45, 7) is 6.83. The summed E-state index contributed by atoms with van der Waals surface area (Å²) >= 11 is 0. The van der Waals surface area contributed by atoms with Crippen molar-refractivity contribution in [3.05, 3.63) is 53.6 Å². The number of pyridine rings is 1. The van der Waals surface area contributed by atoms with E-state index < -0.39 is 0 Å². The predicted octanol–water partition coefficient (Wildman–Crippen LogP) is 4.56. The first-order chi connectivity index (χ1) is 10.1. The van der Waals surface area contributed by atoms with E-state index in [2.05, 4.69) is 34.1 Å². The number of aromatic nitrogens is 2. The molecule has 1 N–H and O–H groups in total. The van der Waals surface area contributed by atoms with Gasteiger partial charge in [0.25, 0.3) is 0 Å². The van der Waals surface area contributed by atoms with Crippen molar-refractivity contribution in [3.63, 3.8) is 0 Å². The van der Waals surface area contributed by atoms with Gasteiger partial charge in [-0.3, -0.25) is 0 Å². The molecular weight excluding hydrogens is 265 g/mol. The lowest BCUT2D eigenvalue weighted by molar-refractivity contribution is 0.625. The molecule has 0 saturated carbocycles. The molecule has 0 atom stereocenters. The standard InChI is InChI=1S/C17H18FN3/c1-4-21-8-6-14-15(21)5-7-19-17(14)20-16-11(2)9-13(18)10-12(16)3/h5-10H,4H2,1-3H3,(H,19,20). The van der Waals surface area contributed by atoms with E-state index in [9.17, 15) is 4.39 Å². The second-order valence-corrected chi connectivity index (χ2v) is 5.23. The Morgan fingerprint density at radius 1 is 1.19 bits per heavy atom. The zero-order chi connectivity index (χ0) is 15.0. The Bertz CT molecular complexity index is 782. The van der Waals surface area contributed by atoms with Crippen LogP contribution in [0.3, 0.4) is 0 Å². The molecule has 0 fully saturated rings. The van der Waals surface area contributed by atoms with Crippen LogP contribution in [0.1, 0.15) is 18.1 Å². The molecule has 4 heteroatoms. The topological polar surface area (TPSA) is 29.9 Å². The highest BCUT2D eigenvalue weighted by Gasteiger charge is 2.10. The van der Waals surface area contributed by atoms with Crippen LogP contribution in [-0.2, 0) is 6.54 Å². The van der Waals surface area contributed by atoms with Crippen molar-refractivity contribution >= 4 is 22.4 Å². The van der Waals surface area contributed by atoms with Crippen molar-refractivity contribution in [1.82, 2.24) is 9.55 Å². The van der Waals surface area contributed by atoms with Gasteiger partial charge in [0, 0.05) is 30.0 Å². The number of nitrogens with one attached hydrogen (secondary N) is 1. The molecule has 3 aromatic rings. The number of anilines is 2. The highest BCUT2D eigenvalue weighted by molar-refractivity contribution is 5.92. The van der Waals surface area contributed by atoms with E-state index in [-0.39, 0.29) is 5.82 Å². The van der Waals surface area contributed by atoms with Crippen LogP contribution in [-0.4, -0.2) is 9.55 Å². The molecule has 1 aromatic carbocycles. The summed E-state index contributed by atoms with van der Waals surface area (Å²) in [7, 11) is 0. The maximum absolute atomic E-state index is 13.4. The minimum atomic E-state index is -0.209. The van der Waals surface area contributed by atoms with Gasteiger partial charge in [0.15, 0.2) is 0 Å². The molecular formula is C17H18FN3. The van der Waals surface area contributed by atoms with Gasteiger partial charge < -0.3 is 9.88 Å². The van der Waals surface area contributed by atoms with E-state index in [1.807, 2.05) is 19.9 Å². The van der Waals surface area contributed by atoms with Crippen LogP contribution in [0.25, 0.3) is 10.9 Å². The number of hydrogen-bond donors (Lipinski definition) is 1. The molecule has 21 heavy (non-hydrogen) atoms. The number of nitrogens with zero attached hydrogens (tertiary/aromatic N) is 2. The van der Waals surface area contributed by atoms with Gasteiger partial charge in [0.2, 0.25) is 0 Å². The van der Waals surface area contributed by atoms with Crippen molar-refractivity contribution in [1.29, 1.82) is 0 Å². The minimum absolute atomic E-state index is 0.209. The van der Waals surface area contributed by atoms with Gasteiger partial charge in [-0.1, -0.05) is 0 Å². The Morgan fingerprint density at radius 3 is 2.57 bits per heavy atom. The van der Waals surface area contributed by atoms with Gasteiger partial charge in [-0.15, -0.1) is 0 Å². The SMILES string of the molecule is CCn1ccc2c(Nc3c(C)cc(F)cc3C)nccc21. The van der Waals surface area contributed by atoms with Gasteiger partial charge in [-0.2, -0.15) is 0 Å². The molecule has 0 bridgehead atoms. The Kier molecular flexibility index (Phi) is 3.37. The second-order valence-electron chi connectivity index (χ2n) is 5.23. The van der Waals surface area contributed by atoms with Crippen molar-refractivity contribution < 1.29 is 4.39 Å². The Morgan fingerprint density at radius 2 is 1.90 bits per heavy atom. The molecule has 108 valence electrons. The predicted molar refractivity (Wildman–Crippen MR) is 84.6 cm³/mol. The van der Waals surface area contributed by atoms with Crippen molar-refractivity contribution in [2.24, 2.45) is 0 Å². The molecule has 3 rings (SSSR count). The number of benzene rings is 1. The zero-order valence-electron chi connectivity index (χ0n) is 12.4. The fourth-order valence-corrected chi connectivity index (χ4v) is 2.72. The molecule has 0 spiro atoms. The van der Waals surface area contributed by atoms with E-state index in [1.54, 1.807) is 6.20 Å². The molecule has 0 aliphatic heterocycles. The summed E-state index contributed by atoms with van der Waals surface area (Å²) < 4.78 is 15.6. The van der Waals surface area contributed by atoms with Gasteiger partial charge in [0.1, 0.15) is 11.6 Å². The highest BCUT2D eigenvalue weighted by Crippen LogP contribution is 2.29. The normalized spacial score (nSPS) is 11.0. The molecule has 0 saturated heterocycles. The average molecular weight is 283 g/mol. The molecule has 0 aliphatic rings. The van der Waals surface area contributed by atoms with Crippen LogP contribution in [0.15, 0.2) is 36.7 Å². The van der Waals surface area contributed by atoms with Crippen LogP contribution in [0.5, 0.6) is 0 Å². The lowest BCUT2D eigenvalue weighted by Gasteiger charge is -2.13. The monoisotopic (exact) mass is 283 g/mol. The van der Waals surface area contributed by atoms with E-state index >= 15 is 0 Å². The smallest absolute Gasteiger partial charge is 0.139 e. The summed E-state index contributed by atoms with van der Waals surface area (Å²) in [6.07, 6.45) is 3.85. The maximum atomic E-state index is 13.4. The molecule has 0 radical (unpaired) electrons. The number of rotatable bonds is 3. The van der Waals surface area contributed by atoms with Gasteiger partial charge >= 0.3 is 0 Å². The summed E-state index contributed by atoms with van der Waals surface area (Å²) in [5.41, 5.74) is 3.82. The Labute approximate surface area is 123 Å². The number of halogens is 1. The third kappa shape index (κ3) is 2.37. The number of fused-ring (bicyclic) bond motifs is 1. The lowest BCUT2D eigenvalue weighted by Crippen LogP contribution is -2.00. The van der Waals surface area contributed by atoms with Gasteiger partial charge in [-0.05, 0) is 56.2 Å². The quantitative estimate of drug-likeness (QED) is 0.764. The van der Waals surface area contributed by atoms with Crippen molar-refractivity contribution in [3.8, 4) is 0 Å². The van der Waals surface area contributed by atoms with E-state index in [1.165, 1.54) is 12.1 Å². The van der Waals surface area contributed by atoms with Crippen LogP contribution < -0.4 is 5.32 Å². The van der Waals surface area contributed by atoms with Crippen molar-refractivity contribution in [2.75, 3.05) is 5.32 Å². The fraction of sp³-hybridized carbons (Fsp3) is 0.235. The Balaban J connectivity index is 2.09. The molecule has 0 aliphatic carbocycles. The highest BCUT2D eigenvalue weighted by atomic mass is 19.1. The van der Waals surface area contributed by atoms with Crippen LogP contribution in [0.2, 0.25) is 0 Å². The molecule has 0 unspecified atom stereocenters. The maximum Gasteiger partial charge on any atom is 0.139 e. The van der Waals surface area contributed by atoms with Gasteiger partial charge in [-0.25, -0.2) is 9.37 Å². The van der Waals surface area contributed by atoms with E-state index in [4.69, 9.17) is 0 Å². The van der Waals surface area contributed by atoms with Gasteiger partial charge in [0.05, 0.1) is 5.52 Å². The first-order valence-electron chi connectivity index (χ1n) is 7.07. The largest absolute Gasteiger partial charge is 0.348 e. The van der Waals surface area contributed by atoms with Crippen LogP contribution in [0, 0.1) is 19.7 Å². The molecule has 0 amide bonds. The third-order valence-electron chi connectivity index (χ3n) is 3.78. The summed E-state index contributed by atoms with van der Waals surface area (Å²) in [5, 5.41) is 4.43. The molecule has 2 heterocycles. The summed E-state index contributed by atoms with van der Waals surface area (Å²) in [6, 6.07) is 7.14. The number of hydrogen-bond acceptors (Lipinski definition) is 2. The second kappa shape index (κ2) is 5.20. The van der Waals surface area contributed by atoms with Crippen LogP contribution in [0.4, 0.5) is 15.9 Å². The first kappa shape index (κ1) is 13.6. The van der Waals surface area contributed by atoms with E-state index in [0.717, 1.165) is 40.1 Å². The third-order valence-corrected chi connectivity index (χ3v) is 3.78. The summed E-state index contributed by atoms with van der Waals surface area (Å²) in [5.74, 6) is 0.594. The number of aryl methyl sites for hydroxylation is 3. The summed E-state index contributed by atoms with van der Waals surface area (Å²) in [4.78, 5) is 4.44. The Hall–Kier alpha value is -2.36. The zero-order valence-corrected chi connectivity index (χ0v) is 12.4. The minimum Gasteiger partial charge on any atom is -0.348 e. The molecule has 3 nitrogen and oxygen atoms in total. The average Bonchev–Trinajstić information content (AvgIpc) is 2.86. The van der Waals surface area contributed by atoms with E-state index in [0.29, 0.717) is 0 Å². The van der Waals surface area contributed by atoms with Crippen LogP contribution >= 0.6 is 0 Å². The fourth-order valence-electron chi connectivity index (χ4n) is 2.72.